The van der Waals surface area contributed by atoms with Crippen molar-refractivity contribution in [2.75, 3.05) is 5.73 Å². The molecule has 18 heavy (non-hydrogen) atoms. The summed E-state index contributed by atoms with van der Waals surface area (Å²) in [4.78, 5) is 19.1. The molecule has 0 radical (unpaired) electrons. The van der Waals surface area contributed by atoms with E-state index in [1.165, 1.54) is 0 Å². The van der Waals surface area contributed by atoms with Crippen LogP contribution in [0, 0.1) is 10.1 Å². The smallest absolute Gasteiger partial charge is 0.315 e. The number of fused-ring (bicyclic) bond motifs is 1. The lowest BCUT2D eigenvalue weighted by Crippen LogP contribution is -2.07. The third-order valence-corrected chi connectivity index (χ3v) is 3.04. The molecule has 0 saturated heterocycles. The molecule has 0 fully saturated rings. The minimum absolute atomic E-state index is 0.0164. The highest BCUT2D eigenvalue weighted by molar-refractivity contribution is 5.92. The lowest BCUT2D eigenvalue weighted by molar-refractivity contribution is -0.385. The summed E-state index contributed by atoms with van der Waals surface area (Å²) in [6.07, 6.45) is 2.31. The standard InChI is InChI=1S/C12H14N4O2/c1-3-7(2)10-12(16(17)18)9(13)11-8(15-10)5-4-6-14-11/h4-7H,3H2,1-2H3,(H2,13,15). The summed E-state index contributed by atoms with van der Waals surface area (Å²) in [6.45, 7) is 3.86. The third kappa shape index (κ3) is 1.85. The predicted molar refractivity (Wildman–Crippen MR) is 69.3 cm³/mol. The second-order valence-corrected chi connectivity index (χ2v) is 4.20. The first-order valence-electron chi connectivity index (χ1n) is 5.74. The Morgan fingerprint density at radius 1 is 1.56 bits per heavy atom. The molecule has 0 aliphatic heterocycles. The van der Waals surface area contributed by atoms with E-state index in [1.807, 2.05) is 13.8 Å². The number of anilines is 1. The lowest BCUT2D eigenvalue weighted by Gasteiger charge is -2.11. The Morgan fingerprint density at radius 3 is 2.89 bits per heavy atom. The molecule has 1 atom stereocenters. The zero-order valence-electron chi connectivity index (χ0n) is 10.3. The Kier molecular flexibility index (Phi) is 3.10. The SMILES string of the molecule is CCC(C)c1nc2cccnc2c(N)c1[N+](=O)[O-]. The minimum Gasteiger partial charge on any atom is -0.391 e. The van der Waals surface area contributed by atoms with Gasteiger partial charge < -0.3 is 5.73 Å². The summed E-state index contributed by atoms with van der Waals surface area (Å²) < 4.78 is 0. The van der Waals surface area contributed by atoms with Crippen LogP contribution < -0.4 is 5.73 Å². The van der Waals surface area contributed by atoms with Gasteiger partial charge in [-0.25, -0.2) is 4.98 Å². The Labute approximate surface area is 104 Å². The monoisotopic (exact) mass is 246 g/mol. The van der Waals surface area contributed by atoms with Crippen molar-refractivity contribution < 1.29 is 4.92 Å². The van der Waals surface area contributed by atoms with Crippen molar-refractivity contribution in [3.63, 3.8) is 0 Å². The number of hydrogen-bond donors (Lipinski definition) is 1. The maximum absolute atomic E-state index is 11.2. The summed E-state index contributed by atoms with van der Waals surface area (Å²) in [6, 6.07) is 3.50. The second kappa shape index (κ2) is 4.56. The van der Waals surface area contributed by atoms with Gasteiger partial charge in [0.25, 0.3) is 0 Å². The number of pyridine rings is 2. The average Bonchev–Trinajstić information content (AvgIpc) is 2.37. The fourth-order valence-electron chi connectivity index (χ4n) is 1.86. The number of rotatable bonds is 3. The van der Waals surface area contributed by atoms with Gasteiger partial charge >= 0.3 is 5.69 Å². The molecular weight excluding hydrogens is 232 g/mol. The van der Waals surface area contributed by atoms with Gasteiger partial charge in [-0.05, 0) is 18.6 Å². The molecule has 0 aliphatic rings. The minimum atomic E-state index is -0.474. The summed E-state index contributed by atoms with van der Waals surface area (Å²) in [5, 5.41) is 11.2. The van der Waals surface area contributed by atoms with Gasteiger partial charge in [0, 0.05) is 12.1 Å². The normalized spacial score (nSPS) is 12.6. The molecule has 0 spiro atoms. The van der Waals surface area contributed by atoms with Gasteiger partial charge in [-0.3, -0.25) is 15.1 Å². The summed E-state index contributed by atoms with van der Waals surface area (Å²) >= 11 is 0. The molecular formula is C12H14N4O2. The number of aromatic nitrogens is 2. The predicted octanol–water partition coefficient (Wildman–Crippen LogP) is 2.63. The number of nitro groups is 1. The molecule has 2 N–H and O–H groups in total. The highest BCUT2D eigenvalue weighted by atomic mass is 16.6. The number of nitrogens with two attached hydrogens (primary N) is 1. The second-order valence-electron chi connectivity index (χ2n) is 4.20. The van der Waals surface area contributed by atoms with Gasteiger partial charge in [0.05, 0.1) is 10.4 Å². The molecule has 0 saturated carbocycles. The molecule has 2 heterocycles. The maximum atomic E-state index is 11.2. The number of hydrogen-bond acceptors (Lipinski definition) is 5. The first-order chi connectivity index (χ1) is 8.56. The van der Waals surface area contributed by atoms with E-state index in [-0.39, 0.29) is 17.3 Å². The molecule has 0 bridgehead atoms. The highest BCUT2D eigenvalue weighted by Crippen LogP contribution is 2.35. The molecule has 6 nitrogen and oxygen atoms in total. The van der Waals surface area contributed by atoms with Crippen LogP contribution in [0.25, 0.3) is 11.0 Å². The van der Waals surface area contributed by atoms with Crippen molar-refractivity contribution >= 4 is 22.4 Å². The largest absolute Gasteiger partial charge is 0.391 e. The van der Waals surface area contributed by atoms with Crippen molar-refractivity contribution in [1.29, 1.82) is 0 Å². The van der Waals surface area contributed by atoms with E-state index in [1.54, 1.807) is 18.3 Å². The topological polar surface area (TPSA) is 94.9 Å². The maximum Gasteiger partial charge on any atom is 0.315 e. The fraction of sp³-hybridized carbons (Fsp3) is 0.333. The molecule has 94 valence electrons. The summed E-state index contributed by atoms with van der Waals surface area (Å²) in [5.74, 6) is -0.0164. The average molecular weight is 246 g/mol. The molecule has 6 heteroatoms. The molecule has 1 unspecified atom stereocenters. The molecule has 0 aliphatic carbocycles. The van der Waals surface area contributed by atoms with Gasteiger partial charge in [0.15, 0.2) is 0 Å². The first-order valence-corrected chi connectivity index (χ1v) is 5.74. The van der Waals surface area contributed by atoms with Crippen molar-refractivity contribution in [1.82, 2.24) is 9.97 Å². The van der Waals surface area contributed by atoms with Crippen LogP contribution in [0.15, 0.2) is 18.3 Å². The van der Waals surface area contributed by atoms with Crippen LogP contribution in [-0.4, -0.2) is 14.9 Å². The van der Waals surface area contributed by atoms with E-state index in [0.29, 0.717) is 16.7 Å². The van der Waals surface area contributed by atoms with Crippen LogP contribution >= 0.6 is 0 Å². The van der Waals surface area contributed by atoms with Crippen LogP contribution in [0.4, 0.5) is 11.4 Å². The van der Waals surface area contributed by atoms with Gasteiger partial charge in [0.1, 0.15) is 16.9 Å². The van der Waals surface area contributed by atoms with Gasteiger partial charge in [0.2, 0.25) is 0 Å². The van der Waals surface area contributed by atoms with E-state index in [9.17, 15) is 10.1 Å². The Hall–Kier alpha value is -2.24. The van der Waals surface area contributed by atoms with Crippen molar-refractivity contribution in [2.24, 2.45) is 0 Å². The van der Waals surface area contributed by atoms with Gasteiger partial charge in [-0.15, -0.1) is 0 Å². The Morgan fingerprint density at radius 2 is 2.28 bits per heavy atom. The molecule has 0 amide bonds. The van der Waals surface area contributed by atoms with Gasteiger partial charge in [-0.1, -0.05) is 13.8 Å². The third-order valence-electron chi connectivity index (χ3n) is 3.04. The van der Waals surface area contributed by atoms with Crippen LogP contribution in [0.1, 0.15) is 31.9 Å². The molecule has 0 aromatic carbocycles. The highest BCUT2D eigenvalue weighted by Gasteiger charge is 2.26. The zero-order chi connectivity index (χ0) is 13.3. The fourth-order valence-corrected chi connectivity index (χ4v) is 1.86. The number of nitrogen functional groups attached to an aromatic ring is 1. The van der Waals surface area contributed by atoms with E-state index in [4.69, 9.17) is 5.73 Å². The molecule has 2 rings (SSSR count). The van der Waals surface area contributed by atoms with Crippen molar-refractivity contribution in [3.8, 4) is 0 Å². The van der Waals surface area contributed by atoms with Crippen LogP contribution in [0.5, 0.6) is 0 Å². The quantitative estimate of drug-likeness (QED) is 0.663. The number of nitrogens with zero attached hydrogens (tertiary/aromatic N) is 3. The summed E-state index contributed by atoms with van der Waals surface area (Å²) in [5.41, 5.74) is 7.26. The van der Waals surface area contributed by atoms with E-state index >= 15 is 0 Å². The van der Waals surface area contributed by atoms with Crippen LogP contribution in [-0.2, 0) is 0 Å². The summed E-state index contributed by atoms with van der Waals surface area (Å²) in [7, 11) is 0. The lowest BCUT2D eigenvalue weighted by atomic mass is 10.0. The van der Waals surface area contributed by atoms with E-state index in [0.717, 1.165) is 6.42 Å². The van der Waals surface area contributed by atoms with Crippen molar-refractivity contribution in [2.45, 2.75) is 26.2 Å². The zero-order valence-corrected chi connectivity index (χ0v) is 10.3. The Balaban J connectivity index is 2.83. The van der Waals surface area contributed by atoms with Gasteiger partial charge in [-0.2, -0.15) is 0 Å². The first kappa shape index (κ1) is 12.2. The van der Waals surface area contributed by atoms with Crippen molar-refractivity contribution in [3.05, 3.63) is 34.1 Å². The van der Waals surface area contributed by atoms with E-state index in [2.05, 4.69) is 9.97 Å². The Bertz CT molecular complexity index is 612. The van der Waals surface area contributed by atoms with Crippen LogP contribution in [0.2, 0.25) is 0 Å². The van der Waals surface area contributed by atoms with E-state index < -0.39 is 4.92 Å². The molecule has 2 aromatic heterocycles. The molecule has 2 aromatic rings. The van der Waals surface area contributed by atoms with Crippen LogP contribution in [0.3, 0.4) is 0 Å².